The van der Waals surface area contributed by atoms with Crippen molar-refractivity contribution < 1.29 is 0 Å². The Balaban J connectivity index is 1.90. The molecule has 3 heteroatoms. The molecule has 2 aliphatic carbocycles. The standard InChI is InChI=1S/C17H27N3/c1-4-18-10-16-12(2)9-13(3)19-17(16)20(15-7-8-15)11-14-5-6-14/h9,14-15,18H,4-8,10-11H2,1-3H3. The molecule has 3 nitrogen and oxygen atoms in total. The Bertz CT molecular complexity index is 475. The molecule has 0 atom stereocenters. The van der Waals surface area contributed by atoms with Gasteiger partial charge in [-0.3, -0.25) is 0 Å². The number of nitrogens with zero attached hydrogens (tertiary/aromatic N) is 2. The van der Waals surface area contributed by atoms with E-state index in [1.807, 2.05) is 0 Å². The second kappa shape index (κ2) is 5.72. The van der Waals surface area contributed by atoms with E-state index in [-0.39, 0.29) is 0 Å². The number of pyridine rings is 1. The molecule has 1 aromatic heterocycles. The lowest BCUT2D eigenvalue weighted by Crippen LogP contribution is -2.31. The number of hydrogen-bond acceptors (Lipinski definition) is 3. The lowest BCUT2D eigenvalue weighted by molar-refractivity contribution is 0.681. The summed E-state index contributed by atoms with van der Waals surface area (Å²) in [6.07, 6.45) is 5.52. The van der Waals surface area contributed by atoms with Crippen LogP contribution >= 0.6 is 0 Å². The first-order valence-electron chi connectivity index (χ1n) is 8.13. The molecule has 0 unspecified atom stereocenters. The maximum absolute atomic E-state index is 4.92. The average molecular weight is 273 g/mol. The number of hydrogen-bond donors (Lipinski definition) is 1. The molecule has 1 N–H and O–H groups in total. The second-order valence-corrected chi connectivity index (χ2v) is 6.49. The largest absolute Gasteiger partial charge is 0.353 e. The molecule has 110 valence electrons. The van der Waals surface area contributed by atoms with E-state index in [1.165, 1.54) is 49.2 Å². The van der Waals surface area contributed by atoms with Gasteiger partial charge in [-0.2, -0.15) is 0 Å². The molecule has 3 rings (SSSR count). The van der Waals surface area contributed by atoms with Crippen LogP contribution in [0.3, 0.4) is 0 Å². The summed E-state index contributed by atoms with van der Waals surface area (Å²) in [5.41, 5.74) is 3.94. The van der Waals surface area contributed by atoms with Gasteiger partial charge in [0, 0.05) is 30.4 Å². The van der Waals surface area contributed by atoms with Crippen molar-refractivity contribution in [2.75, 3.05) is 18.0 Å². The van der Waals surface area contributed by atoms with E-state index in [1.54, 1.807) is 0 Å². The lowest BCUT2D eigenvalue weighted by atomic mass is 10.1. The van der Waals surface area contributed by atoms with Crippen LogP contribution in [0.4, 0.5) is 5.82 Å². The topological polar surface area (TPSA) is 28.2 Å². The predicted molar refractivity (Wildman–Crippen MR) is 84.2 cm³/mol. The molecular weight excluding hydrogens is 246 g/mol. The van der Waals surface area contributed by atoms with E-state index in [9.17, 15) is 0 Å². The number of aromatic nitrogens is 1. The lowest BCUT2D eigenvalue weighted by Gasteiger charge is -2.27. The highest BCUT2D eigenvalue weighted by Crippen LogP contribution is 2.38. The molecule has 0 saturated heterocycles. The molecule has 0 radical (unpaired) electrons. The van der Waals surface area contributed by atoms with E-state index in [4.69, 9.17) is 4.98 Å². The van der Waals surface area contributed by atoms with Crippen molar-refractivity contribution >= 4 is 5.82 Å². The molecule has 1 aromatic rings. The third-order valence-electron chi connectivity index (χ3n) is 4.42. The van der Waals surface area contributed by atoms with E-state index < -0.39 is 0 Å². The summed E-state index contributed by atoms with van der Waals surface area (Å²) in [5, 5.41) is 3.48. The maximum atomic E-state index is 4.92. The van der Waals surface area contributed by atoms with Crippen molar-refractivity contribution in [1.29, 1.82) is 0 Å². The normalized spacial score (nSPS) is 18.4. The third-order valence-corrected chi connectivity index (χ3v) is 4.42. The van der Waals surface area contributed by atoms with Gasteiger partial charge in [0.15, 0.2) is 0 Å². The van der Waals surface area contributed by atoms with E-state index in [0.29, 0.717) is 0 Å². The van der Waals surface area contributed by atoms with Crippen LogP contribution in [0.25, 0.3) is 0 Å². The van der Waals surface area contributed by atoms with Crippen molar-refractivity contribution in [3.05, 3.63) is 22.9 Å². The molecule has 0 aromatic carbocycles. The Hall–Kier alpha value is -1.09. The Morgan fingerprint density at radius 3 is 2.60 bits per heavy atom. The Kier molecular flexibility index (Phi) is 3.97. The van der Waals surface area contributed by atoms with Gasteiger partial charge < -0.3 is 10.2 Å². The summed E-state index contributed by atoms with van der Waals surface area (Å²) < 4.78 is 0. The van der Waals surface area contributed by atoms with Crippen LogP contribution < -0.4 is 10.2 Å². The van der Waals surface area contributed by atoms with Crippen LogP contribution in [0, 0.1) is 19.8 Å². The van der Waals surface area contributed by atoms with Crippen LogP contribution in [-0.4, -0.2) is 24.1 Å². The van der Waals surface area contributed by atoms with E-state index in [0.717, 1.165) is 30.7 Å². The first kappa shape index (κ1) is 13.9. The summed E-state index contributed by atoms with van der Waals surface area (Å²) in [7, 11) is 0. The molecule has 2 fully saturated rings. The molecular formula is C17H27N3. The van der Waals surface area contributed by atoms with Crippen molar-refractivity contribution in [2.24, 2.45) is 5.92 Å². The van der Waals surface area contributed by atoms with E-state index >= 15 is 0 Å². The quantitative estimate of drug-likeness (QED) is 0.827. The van der Waals surface area contributed by atoms with Crippen molar-refractivity contribution in [2.45, 2.75) is 59.0 Å². The molecule has 0 aliphatic heterocycles. The summed E-state index contributed by atoms with van der Waals surface area (Å²) in [6.45, 7) is 9.69. The van der Waals surface area contributed by atoms with Crippen LogP contribution in [0.5, 0.6) is 0 Å². The molecule has 0 amide bonds. The van der Waals surface area contributed by atoms with Crippen LogP contribution in [0.1, 0.15) is 49.4 Å². The van der Waals surface area contributed by atoms with Gasteiger partial charge in [-0.05, 0) is 63.6 Å². The van der Waals surface area contributed by atoms with Crippen LogP contribution in [-0.2, 0) is 6.54 Å². The molecule has 2 saturated carbocycles. The van der Waals surface area contributed by atoms with Crippen molar-refractivity contribution in [3.63, 3.8) is 0 Å². The molecule has 0 bridgehead atoms. The monoisotopic (exact) mass is 273 g/mol. The SMILES string of the molecule is CCNCc1c(C)cc(C)nc1N(CC1CC1)C1CC1. The van der Waals surface area contributed by atoms with Crippen LogP contribution in [0.2, 0.25) is 0 Å². The van der Waals surface area contributed by atoms with Crippen molar-refractivity contribution in [3.8, 4) is 0 Å². The minimum absolute atomic E-state index is 0.754. The zero-order valence-corrected chi connectivity index (χ0v) is 13.1. The smallest absolute Gasteiger partial charge is 0.133 e. The van der Waals surface area contributed by atoms with Gasteiger partial charge in [0.05, 0.1) is 0 Å². The Labute approximate surface area is 122 Å². The zero-order chi connectivity index (χ0) is 14.1. The first-order valence-corrected chi connectivity index (χ1v) is 8.13. The highest BCUT2D eigenvalue weighted by Gasteiger charge is 2.35. The third kappa shape index (κ3) is 3.14. The van der Waals surface area contributed by atoms with Gasteiger partial charge in [0.25, 0.3) is 0 Å². The van der Waals surface area contributed by atoms with Crippen LogP contribution in [0.15, 0.2) is 6.07 Å². The maximum Gasteiger partial charge on any atom is 0.133 e. The van der Waals surface area contributed by atoms with Gasteiger partial charge >= 0.3 is 0 Å². The fraction of sp³-hybridized carbons (Fsp3) is 0.706. The Morgan fingerprint density at radius 2 is 2.00 bits per heavy atom. The summed E-state index contributed by atoms with van der Waals surface area (Å²) in [4.78, 5) is 7.53. The molecule has 2 aliphatic rings. The average Bonchev–Trinajstić information content (AvgIpc) is 3.26. The molecule has 20 heavy (non-hydrogen) atoms. The minimum Gasteiger partial charge on any atom is -0.353 e. The number of rotatable bonds is 7. The summed E-state index contributed by atoms with van der Waals surface area (Å²) in [6, 6.07) is 2.97. The van der Waals surface area contributed by atoms with Gasteiger partial charge in [-0.25, -0.2) is 4.98 Å². The first-order chi connectivity index (χ1) is 9.69. The number of anilines is 1. The number of nitrogens with one attached hydrogen (secondary N) is 1. The fourth-order valence-electron chi connectivity index (χ4n) is 2.92. The molecule has 1 heterocycles. The predicted octanol–water partition coefficient (Wildman–Crippen LogP) is 3.19. The second-order valence-electron chi connectivity index (χ2n) is 6.49. The number of aryl methyl sites for hydroxylation is 2. The van der Waals surface area contributed by atoms with Crippen molar-refractivity contribution in [1.82, 2.24) is 10.3 Å². The molecule has 0 spiro atoms. The summed E-state index contributed by atoms with van der Waals surface area (Å²) >= 11 is 0. The Morgan fingerprint density at radius 1 is 1.25 bits per heavy atom. The van der Waals surface area contributed by atoms with Gasteiger partial charge in [0.1, 0.15) is 5.82 Å². The van der Waals surface area contributed by atoms with E-state index in [2.05, 4.69) is 37.1 Å². The minimum atomic E-state index is 0.754. The van der Waals surface area contributed by atoms with Gasteiger partial charge in [-0.15, -0.1) is 0 Å². The zero-order valence-electron chi connectivity index (χ0n) is 13.1. The highest BCUT2D eigenvalue weighted by atomic mass is 15.2. The summed E-state index contributed by atoms with van der Waals surface area (Å²) in [5.74, 6) is 2.18. The fourth-order valence-corrected chi connectivity index (χ4v) is 2.92. The van der Waals surface area contributed by atoms with Gasteiger partial charge in [0.2, 0.25) is 0 Å². The van der Waals surface area contributed by atoms with Gasteiger partial charge in [-0.1, -0.05) is 6.92 Å². The highest BCUT2D eigenvalue weighted by molar-refractivity contribution is 5.53.